The van der Waals surface area contributed by atoms with Gasteiger partial charge in [0, 0.05) is 25.2 Å². The van der Waals surface area contributed by atoms with E-state index >= 15 is 0 Å². The second-order valence-corrected chi connectivity index (χ2v) is 6.03. The molecule has 1 N–H and O–H groups in total. The summed E-state index contributed by atoms with van der Waals surface area (Å²) < 4.78 is 37.7. The maximum absolute atomic E-state index is 12.6. The predicted octanol–water partition coefficient (Wildman–Crippen LogP) is 1.93. The third kappa shape index (κ3) is 2.47. The van der Waals surface area contributed by atoms with Gasteiger partial charge in [0.05, 0.1) is 11.8 Å². The normalized spacial score (nSPS) is 35.9. The second-order valence-electron chi connectivity index (χ2n) is 6.03. The Hall–Kier alpha value is -0.780. The molecule has 2 bridgehead atoms. The molecule has 3 unspecified atom stereocenters. The van der Waals surface area contributed by atoms with Gasteiger partial charge in [0.15, 0.2) is 0 Å². The van der Waals surface area contributed by atoms with Crippen molar-refractivity contribution in [2.75, 3.05) is 13.1 Å². The van der Waals surface area contributed by atoms with Crippen LogP contribution in [0.15, 0.2) is 0 Å². The van der Waals surface area contributed by atoms with Crippen LogP contribution in [-0.2, 0) is 4.79 Å². The highest BCUT2D eigenvalue weighted by Gasteiger charge is 2.46. The molecule has 0 aromatic rings. The summed E-state index contributed by atoms with van der Waals surface area (Å²) in [6.07, 6.45) is -0.969. The third-order valence-electron chi connectivity index (χ3n) is 4.89. The number of halogens is 3. The van der Waals surface area contributed by atoms with Crippen molar-refractivity contribution in [1.82, 2.24) is 10.2 Å². The smallest absolute Gasteiger partial charge is 0.342 e. The maximum atomic E-state index is 12.6. The zero-order valence-electron chi connectivity index (χ0n) is 10.7. The fourth-order valence-electron chi connectivity index (χ4n) is 3.76. The lowest BCUT2D eigenvalue weighted by molar-refractivity contribution is -0.187. The van der Waals surface area contributed by atoms with Gasteiger partial charge in [-0.2, -0.15) is 13.2 Å². The molecule has 0 aliphatic carbocycles. The van der Waals surface area contributed by atoms with Crippen LogP contribution in [0.4, 0.5) is 13.2 Å². The van der Waals surface area contributed by atoms with Gasteiger partial charge in [-0.05, 0) is 32.1 Å². The molecule has 3 atom stereocenters. The summed E-state index contributed by atoms with van der Waals surface area (Å²) >= 11 is 0. The lowest BCUT2D eigenvalue weighted by Gasteiger charge is -2.35. The number of fused-ring (bicyclic) bond motifs is 2. The Balaban J connectivity index is 1.55. The Morgan fingerprint density at radius 3 is 2.26 bits per heavy atom. The van der Waals surface area contributed by atoms with Crippen molar-refractivity contribution in [3.05, 3.63) is 0 Å². The van der Waals surface area contributed by atoms with Crippen LogP contribution in [-0.4, -0.2) is 42.2 Å². The molecule has 0 aromatic carbocycles. The molecule has 0 aromatic heterocycles. The van der Waals surface area contributed by atoms with E-state index in [4.69, 9.17) is 0 Å². The number of likely N-dealkylation sites (tertiary alicyclic amines) is 1. The largest absolute Gasteiger partial charge is 0.391 e. The molecule has 0 radical (unpaired) electrons. The molecule has 3 fully saturated rings. The Bertz CT molecular complexity index is 363. The lowest BCUT2D eigenvalue weighted by atomic mass is 9.87. The number of hydrogen-bond donors (Lipinski definition) is 1. The zero-order valence-corrected chi connectivity index (χ0v) is 10.7. The number of carbonyl (C=O) groups excluding carboxylic acids is 1. The van der Waals surface area contributed by atoms with Gasteiger partial charge in [0.2, 0.25) is 5.91 Å². The highest BCUT2D eigenvalue weighted by molar-refractivity contribution is 5.80. The van der Waals surface area contributed by atoms with Crippen molar-refractivity contribution in [1.29, 1.82) is 0 Å². The number of rotatable bonds is 1. The molecule has 19 heavy (non-hydrogen) atoms. The van der Waals surface area contributed by atoms with Crippen molar-refractivity contribution in [3.8, 4) is 0 Å². The van der Waals surface area contributed by atoms with Crippen LogP contribution < -0.4 is 5.32 Å². The molecule has 1 amide bonds. The first-order valence-corrected chi connectivity index (χ1v) is 7.06. The van der Waals surface area contributed by atoms with Crippen LogP contribution in [0, 0.1) is 11.8 Å². The number of nitrogens with zero attached hydrogens (tertiary/aromatic N) is 1. The van der Waals surface area contributed by atoms with E-state index in [9.17, 15) is 18.0 Å². The molecule has 3 nitrogen and oxygen atoms in total. The summed E-state index contributed by atoms with van der Waals surface area (Å²) in [7, 11) is 0. The first-order valence-electron chi connectivity index (χ1n) is 7.06. The molecular weight excluding hydrogens is 257 g/mol. The van der Waals surface area contributed by atoms with Crippen LogP contribution in [0.1, 0.15) is 32.1 Å². The van der Waals surface area contributed by atoms with E-state index in [1.54, 1.807) is 4.90 Å². The van der Waals surface area contributed by atoms with Gasteiger partial charge in [-0.1, -0.05) is 0 Å². The minimum Gasteiger partial charge on any atom is -0.342 e. The van der Waals surface area contributed by atoms with Crippen LogP contribution in [0.2, 0.25) is 0 Å². The predicted molar refractivity (Wildman–Crippen MR) is 63.4 cm³/mol. The van der Waals surface area contributed by atoms with Crippen molar-refractivity contribution < 1.29 is 18.0 Å². The van der Waals surface area contributed by atoms with Gasteiger partial charge in [-0.15, -0.1) is 0 Å². The van der Waals surface area contributed by atoms with E-state index in [1.807, 2.05) is 0 Å². The van der Waals surface area contributed by atoms with Crippen molar-refractivity contribution in [3.63, 3.8) is 0 Å². The van der Waals surface area contributed by atoms with E-state index in [-0.39, 0.29) is 43.8 Å². The fourth-order valence-corrected chi connectivity index (χ4v) is 3.76. The first-order chi connectivity index (χ1) is 8.95. The summed E-state index contributed by atoms with van der Waals surface area (Å²) in [5, 5.41) is 3.40. The minimum atomic E-state index is -4.11. The van der Waals surface area contributed by atoms with Crippen LogP contribution in [0.3, 0.4) is 0 Å². The minimum absolute atomic E-state index is 0.00110. The molecule has 3 aliphatic rings. The molecule has 3 rings (SSSR count). The highest BCUT2D eigenvalue weighted by atomic mass is 19.4. The van der Waals surface area contributed by atoms with Gasteiger partial charge in [-0.25, -0.2) is 0 Å². The third-order valence-corrected chi connectivity index (χ3v) is 4.89. The van der Waals surface area contributed by atoms with E-state index < -0.39 is 12.1 Å². The Kier molecular flexibility index (Phi) is 3.23. The molecule has 6 heteroatoms. The van der Waals surface area contributed by atoms with E-state index in [2.05, 4.69) is 5.32 Å². The fraction of sp³-hybridized carbons (Fsp3) is 0.923. The number of piperidine rings is 1. The maximum Gasteiger partial charge on any atom is 0.391 e. The number of hydrogen-bond acceptors (Lipinski definition) is 2. The SMILES string of the molecule is O=C(C1CC2CCC1N2)N1CCC(C(F)(F)F)CC1. The summed E-state index contributed by atoms with van der Waals surface area (Å²) in [6.45, 7) is 0.522. The van der Waals surface area contributed by atoms with Crippen molar-refractivity contribution in [2.24, 2.45) is 11.8 Å². The molecule has 0 spiro atoms. The Morgan fingerprint density at radius 2 is 1.79 bits per heavy atom. The summed E-state index contributed by atoms with van der Waals surface area (Å²) in [6, 6.07) is 0.713. The molecule has 3 saturated heterocycles. The summed E-state index contributed by atoms with van der Waals surface area (Å²) in [5.74, 6) is -1.16. The molecule has 108 valence electrons. The van der Waals surface area contributed by atoms with Gasteiger partial charge in [0.1, 0.15) is 0 Å². The number of amides is 1. The van der Waals surface area contributed by atoms with Gasteiger partial charge in [0.25, 0.3) is 0 Å². The topological polar surface area (TPSA) is 32.3 Å². The van der Waals surface area contributed by atoms with Gasteiger partial charge in [-0.3, -0.25) is 4.79 Å². The average molecular weight is 276 g/mol. The van der Waals surface area contributed by atoms with Crippen LogP contribution in [0.25, 0.3) is 0 Å². The van der Waals surface area contributed by atoms with Crippen LogP contribution >= 0.6 is 0 Å². The number of carbonyl (C=O) groups is 1. The summed E-state index contributed by atoms with van der Waals surface area (Å²) in [4.78, 5) is 14.0. The van der Waals surface area contributed by atoms with Crippen molar-refractivity contribution >= 4 is 5.91 Å². The Labute approximate surface area is 110 Å². The second kappa shape index (κ2) is 4.65. The Morgan fingerprint density at radius 1 is 1.11 bits per heavy atom. The lowest BCUT2D eigenvalue weighted by Crippen LogP contribution is -2.46. The monoisotopic (exact) mass is 276 g/mol. The average Bonchev–Trinajstić information content (AvgIpc) is 2.99. The molecule has 3 aliphatic heterocycles. The quantitative estimate of drug-likeness (QED) is 0.793. The van der Waals surface area contributed by atoms with Crippen LogP contribution in [0.5, 0.6) is 0 Å². The van der Waals surface area contributed by atoms with E-state index in [0.29, 0.717) is 6.04 Å². The van der Waals surface area contributed by atoms with E-state index in [1.165, 1.54) is 0 Å². The summed E-state index contributed by atoms with van der Waals surface area (Å²) in [5.41, 5.74) is 0. The number of nitrogens with one attached hydrogen (secondary N) is 1. The van der Waals surface area contributed by atoms with Gasteiger partial charge < -0.3 is 10.2 Å². The van der Waals surface area contributed by atoms with E-state index in [0.717, 1.165) is 19.3 Å². The van der Waals surface area contributed by atoms with Gasteiger partial charge >= 0.3 is 6.18 Å². The first kappa shape index (κ1) is 13.2. The molecular formula is C13H19F3N2O. The number of alkyl halides is 3. The van der Waals surface area contributed by atoms with Crippen molar-refractivity contribution in [2.45, 2.75) is 50.4 Å². The standard InChI is InChI=1S/C13H19F3N2O/c14-13(15,16)8-3-5-18(6-4-8)12(19)10-7-9-1-2-11(10)17-9/h8-11,17H,1-7H2. The molecule has 0 saturated carbocycles. The highest BCUT2D eigenvalue weighted by Crippen LogP contribution is 2.37. The zero-order chi connectivity index (χ0) is 13.6. The molecule has 3 heterocycles.